The van der Waals surface area contributed by atoms with Gasteiger partial charge in [0.1, 0.15) is 11.2 Å². The van der Waals surface area contributed by atoms with Crippen LogP contribution in [0.25, 0.3) is 0 Å². The molecule has 2 saturated heterocycles. The van der Waals surface area contributed by atoms with Crippen LogP contribution < -0.4 is 0 Å². The third-order valence-corrected chi connectivity index (χ3v) is 5.11. The Kier molecular flexibility index (Phi) is 8.86. The Morgan fingerprint density at radius 3 is 1.45 bits per heavy atom. The van der Waals surface area contributed by atoms with E-state index in [4.69, 9.17) is 9.47 Å². The monoisotopic (exact) mass is 462 g/mol. The molecule has 2 rings (SSSR count). The number of nitrogens with zero attached hydrogens (tertiary/aromatic N) is 2. The molecule has 8 heteroatoms. The third-order valence-electron chi connectivity index (χ3n) is 5.11. The molecule has 33 heavy (non-hydrogen) atoms. The van der Waals surface area contributed by atoms with Crippen molar-refractivity contribution in [1.29, 1.82) is 0 Å². The maximum atomic E-state index is 12.7. The molecule has 0 spiro atoms. The topological polar surface area (TPSA) is 93.2 Å². The van der Waals surface area contributed by atoms with E-state index in [0.29, 0.717) is 49.9 Å². The number of likely N-dealkylation sites (tertiary alicyclic amines) is 2. The second-order valence-electron chi connectivity index (χ2n) is 10.5. The molecule has 0 atom stereocenters. The van der Waals surface area contributed by atoms with Gasteiger partial charge in [0.25, 0.3) is 11.8 Å². The van der Waals surface area contributed by atoms with Crippen LogP contribution in [0.4, 0.5) is 9.59 Å². The summed E-state index contributed by atoms with van der Waals surface area (Å²) in [6.07, 6.45) is 7.36. The molecule has 0 aromatic heterocycles. The van der Waals surface area contributed by atoms with Crippen LogP contribution >= 0.6 is 0 Å². The Bertz CT molecular complexity index is 761. The first-order valence-electron chi connectivity index (χ1n) is 11.8. The molecule has 0 saturated carbocycles. The number of carbonyl (C=O) groups excluding carboxylic acids is 4. The zero-order valence-corrected chi connectivity index (χ0v) is 20.9. The maximum absolute atomic E-state index is 12.7. The molecule has 0 aliphatic carbocycles. The van der Waals surface area contributed by atoms with Gasteiger partial charge in [-0.2, -0.15) is 0 Å². The largest absolute Gasteiger partial charge is 0.443 e. The molecule has 0 aromatic rings. The van der Waals surface area contributed by atoms with Crippen LogP contribution in [0, 0.1) is 0 Å². The minimum Gasteiger partial charge on any atom is -0.443 e. The minimum atomic E-state index is -0.651. The summed E-state index contributed by atoms with van der Waals surface area (Å²) in [6.45, 7) is 11.4. The second-order valence-corrected chi connectivity index (χ2v) is 10.5. The number of amides is 4. The molecular weight excluding hydrogens is 424 g/mol. The summed E-state index contributed by atoms with van der Waals surface area (Å²) in [7, 11) is 0. The maximum Gasteiger partial charge on any atom is 0.417 e. The van der Waals surface area contributed by atoms with Gasteiger partial charge in [-0.25, -0.2) is 19.4 Å². The fourth-order valence-electron chi connectivity index (χ4n) is 3.65. The Hall–Kier alpha value is -2.64. The predicted molar refractivity (Wildman–Crippen MR) is 124 cm³/mol. The Morgan fingerprint density at radius 1 is 0.758 bits per heavy atom. The number of unbranched alkanes of at least 4 members (excludes halogenated alkanes) is 2. The molecule has 2 aliphatic heterocycles. The average Bonchev–Trinajstić information content (AvgIpc) is 2.67. The summed E-state index contributed by atoms with van der Waals surface area (Å²) in [5.74, 6) is -0.575. The Morgan fingerprint density at radius 2 is 1.12 bits per heavy atom. The molecule has 0 bridgehead atoms. The molecule has 2 fully saturated rings. The summed E-state index contributed by atoms with van der Waals surface area (Å²) >= 11 is 0. The van der Waals surface area contributed by atoms with Crippen molar-refractivity contribution in [3.63, 3.8) is 0 Å². The number of allylic oxidation sites excluding steroid dienone is 2. The predicted octanol–water partition coefficient (Wildman–Crippen LogP) is 5.12. The molecule has 4 amide bonds. The van der Waals surface area contributed by atoms with Gasteiger partial charge in [-0.3, -0.25) is 9.59 Å². The number of piperidine rings is 2. The van der Waals surface area contributed by atoms with Crippen molar-refractivity contribution < 1.29 is 28.7 Å². The van der Waals surface area contributed by atoms with E-state index in [1.807, 2.05) is 12.2 Å². The fourth-order valence-corrected chi connectivity index (χ4v) is 3.65. The van der Waals surface area contributed by atoms with Crippen molar-refractivity contribution in [3.8, 4) is 0 Å². The zero-order valence-electron chi connectivity index (χ0n) is 20.9. The van der Waals surface area contributed by atoms with Crippen LogP contribution in [-0.2, 0) is 19.1 Å². The SMILES string of the molecule is CC(C)(C)OC(=O)N1CCC/C(=C\CCC/C=C2\CCCN(C(=O)OC(C)(C)C)C2=O)C1=O. The van der Waals surface area contributed by atoms with Crippen LogP contribution in [0.2, 0.25) is 0 Å². The van der Waals surface area contributed by atoms with Crippen molar-refractivity contribution >= 4 is 24.0 Å². The van der Waals surface area contributed by atoms with Crippen LogP contribution in [0.3, 0.4) is 0 Å². The smallest absolute Gasteiger partial charge is 0.417 e. The van der Waals surface area contributed by atoms with Crippen molar-refractivity contribution in [3.05, 3.63) is 23.3 Å². The number of hydrogen-bond acceptors (Lipinski definition) is 6. The van der Waals surface area contributed by atoms with Gasteiger partial charge in [0, 0.05) is 24.2 Å². The molecule has 0 aromatic carbocycles. The van der Waals surface area contributed by atoms with Gasteiger partial charge in [-0.1, -0.05) is 12.2 Å². The van der Waals surface area contributed by atoms with Crippen molar-refractivity contribution in [2.24, 2.45) is 0 Å². The third kappa shape index (κ3) is 8.33. The Balaban J connectivity index is 1.88. The van der Waals surface area contributed by atoms with E-state index in [0.717, 1.165) is 19.3 Å². The van der Waals surface area contributed by atoms with E-state index < -0.39 is 23.4 Å². The highest BCUT2D eigenvalue weighted by atomic mass is 16.6. The van der Waals surface area contributed by atoms with Gasteiger partial charge in [0.05, 0.1) is 0 Å². The molecular formula is C25H38N2O6. The molecule has 2 aliphatic rings. The number of hydrogen-bond donors (Lipinski definition) is 0. The van der Waals surface area contributed by atoms with Crippen molar-refractivity contribution in [1.82, 2.24) is 9.80 Å². The summed E-state index contributed by atoms with van der Waals surface area (Å²) in [6, 6.07) is 0. The summed E-state index contributed by atoms with van der Waals surface area (Å²) in [4.78, 5) is 52.2. The number of imide groups is 2. The molecule has 0 unspecified atom stereocenters. The van der Waals surface area contributed by atoms with E-state index in [-0.39, 0.29) is 11.8 Å². The lowest BCUT2D eigenvalue weighted by molar-refractivity contribution is -0.128. The number of ether oxygens (including phenoxy) is 2. The highest BCUT2D eigenvalue weighted by molar-refractivity contribution is 6.03. The first-order valence-corrected chi connectivity index (χ1v) is 11.8. The molecule has 8 nitrogen and oxygen atoms in total. The van der Waals surface area contributed by atoms with Crippen LogP contribution in [0.15, 0.2) is 23.3 Å². The number of carbonyl (C=O) groups is 4. The van der Waals surface area contributed by atoms with E-state index in [2.05, 4.69) is 0 Å². The Labute approximate surface area is 196 Å². The van der Waals surface area contributed by atoms with Crippen LogP contribution in [-0.4, -0.2) is 58.1 Å². The van der Waals surface area contributed by atoms with Gasteiger partial charge >= 0.3 is 12.2 Å². The lowest BCUT2D eigenvalue weighted by Crippen LogP contribution is -2.44. The fraction of sp³-hybridized carbons (Fsp3) is 0.680. The minimum absolute atomic E-state index is 0.288. The van der Waals surface area contributed by atoms with Gasteiger partial charge in [0.2, 0.25) is 0 Å². The van der Waals surface area contributed by atoms with Crippen LogP contribution in [0.1, 0.15) is 86.5 Å². The van der Waals surface area contributed by atoms with Gasteiger partial charge in [-0.15, -0.1) is 0 Å². The van der Waals surface area contributed by atoms with E-state index in [9.17, 15) is 19.2 Å². The summed E-state index contributed by atoms with van der Waals surface area (Å²) in [5.41, 5.74) is -0.0434. The van der Waals surface area contributed by atoms with Crippen molar-refractivity contribution in [2.75, 3.05) is 13.1 Å². The van der Waals surface area contributed by atoms with E-state index in [1.165, 1.54) is 9.80 Å². The van der Waals surface area contributed by atoms with Crippen LogP contribution in [0.5, 0.6) is 0 Å². The molecule has 2 heterocycles. The van der Waals surface area contributed by atoms with E-state index >= 15 is 0 Å². The van der Waals surface area contributed by atoms with Gasteiger partial charge in [0.15, 0.2) is 0 Å². The average molecular weight is 463 g/mol. The summed E-state index contributed by atoms with van der Waals surface area (Å²) in [5, 5.41) is 0. The molecule has 0 radical (unpaired) electrons. The van der Waals surface area contributed by atoms with Crippen molar-refractivity contribution in [2.45, 2.75) is 97.7 Å². The molecule has 184 valence electrons. The van der Waals surface area contributed by atoms with E-state index in [1.54, 1.807) is 41.5 Å². The quantitative estimate of drug-likeness (QED) is 0.425. The lowest BCUT2D eigenvalue weighted by Gasteiger charge is -2.29. The summed E-state index contributed by atoms with van der Waals surface area (Å²) < 4.78 is 10.7. The standard InChI is InChI=1S/C25H38N2O6/c1-24(2,3)32-22(30)26-16-10-14-18(20(26)28)12-8-7-9-13-19-15-11-17-27(21(19)29)23(31)33-25(4,5)6/h12-13H,7-11,14-17H2,1-6H3/b18-12+,19-13+. The lowest BCUT2D eigenvalue weighted by atomic mass is 10.0. The normalized spacial score (nSPS) is 20.4. The second kappa shape index (κ2) is 11.0. The zero-order chi connectivity index (χ0) is 24.8. The van der Waals surface area contributed by atoms with Gasteiger partial charge < -0.3 is 9.47 Å². The number of rotatable bonds is 4. The highest BCUT2D eigenvalue weighted by Gasteiger charge is 2.32. The molecule has 0 N–H and O–H groups in total. The van der Waals surface area contributed by atoms with Gasteiger partial charge in [-0.05, 0) is 86.5 Å². The first kappa shape index (κ1) is 26.6. The highest BCUT2D eigenvalue weighted by Crippen LogP contribution is 2.23. The first-order chi connectivity index (χ1) is 15.3.